The molecule has 164 valence electrons. The number of piperidine rings is 1. The quantitative estimate of drug-likeness (QED) is 0.620. The first-order valence-electron chi connectivity index (χ1n) is 10.7. The van der Waals surface area contributed by atoms with Crippen LogP contribution in [-0.4, -0.2) is 54.3 Å². The maximum atomic E-state index is 13.7. The van der Waals surface area contributed by atoms with Crippen LogP contribution < -0.4 is 0 Å². The molecule has 4 rings (SSSR count). The molecule has 31 heavy (non-hydrogen) atoms. The summed E-state index contributed by atoms with van der Waals surface area (Å²) in [5.41, 5.74) is -0.401. The van der Waals surface area contributed by atoms with Crippen molar-refractivity contribution in [2.24, 2.45) is 5.92 Å². The zero-order valence-electron chi connectivity index (χ0n) is 17.8. The molecule has 0 spiro atoms. The summed E-state index contributed by atoms with van der Waals surface area (Å²) in [6, 6.07) is 13.1. The van der Waals surface area contributed by atoms with Crippen LogP contribution in [0.2, 0.25) is 0 Å². The van der Waals surface area contributed by atoms with Crippen LogP contribution >= 0.6 is 11.3 Å². The Labute approximate surface area is 186 Å². The predicted molar refractivity (Wildman–Crippen MR) is 118 cm³/mol. The fourth-order valence-corrected chi connectivity index (χ4v) is 5.47. The zero-order valence-corrected chi connectivity index (χ0v) is 18.6. The minimum absolute atomic E-state index is 0.0161. The number of amides is 3. The van der Waals surface area contributed by atoms with Crippen molar-refractivity contribution in [3.05, 3.63) is 58.3 Å². The number of hydrogen-bond donors (Lipinski definition) is 0. The lowest BCUT2D eigenvalue weighted by Crippen LogP contribution is -2.46. The number of benzene rings is 1. The fraction of sp³-hybridized carbons (Fsp3) is 0.458. The lowest BCUT2D eigenvalue weighted by Gasteiger charge is -2.35. The molecule has 3 heterocycles. The smallest absolute Gasteiger partial charge is 0.241 e. The van der Waals surface area contributed by atoms with E-state index < -0.39 is 5.41 Å². The van der Waals surface area contributed by atoms with Crippen LogP contribution in [0.1, 0.15) is 36.1 Å². The summed E-state index contributed by atoms with van der Waals surface area (Å²) in [7, 11) is 1.68. The number of ether oxygens (including phenoxy) is 1. The average Bonchev–Trinajstić information content (AvgIpc) is 3.38. The first-order valence-corrected chi connectivity index (χ1v) is 11.6. The molecular weight excluding hydrogens is 412 g/mol. The van der Waals surface area contributed by atoms with Gasteiger partial charge in [-0.25, -0.2) is 0 Å². The van der Waals surface area contributed by atoms with E-state index in [0.29, 0.717) is 25.6 Å². The highest BCUT2D eigenvalue weighted by molar-refractivity contribution is 7.09. The van der Waals surface area contributed by atoms with Crippen molar-refractivity contribution in [3.63, 3.8) is 0 Å². The normalized spacial score (nSPS) is 24.1. The Balaban J connectivity index is 1.60. The third-order valence-corrected chi connectivity index (χ3v) is 7.22. The van der Waals surface area contributed by atoms with Crippen molar-refractivity contribution in [1.29, 1.82) is 0 Å². The highest BCUT2D eigenvalue weighted by Gasteiger charge is 2.54. The number of rotatable bonds is 7. The van der Waals surface area contributed by atoms with Gasteiger partial charge < -0.3 is 9.64 Å². The summed E-state index contributed by atoms with van der Waals surface area (Å²) < 4.78 is 5.28. The van der Waals surface area contributed by atoms with Crippen LogP contribution in [0.3, 0.4) is 0 Å². The molecule has 0 aliphatic carbocycles. The van der Waals surface area contributed by atoms with Gasteiger partial charge in [0.1, 0.15) is 0 Å². The molecule has 0 saturated carbocycles. The topological polar surface area (TPSA) is 66.9 Å². The first kappa shape index (κ1) is 21.7. The largest absolute Gasteiger partial charge is 0.384 e. The summed E-state index contributed by atoms with van der Waals surface area (Å²) in [5.74, 6) is -0.239. The molecule has 0 unspecified atom stereocenters. The maximum absolute atomic E-state index is 13.7. The number of nitrogens with zero attached hydrogens (tertiary/aromatic N) is 2. The summed E-state index contributed by atoms with van der Waals surface area (Å²) >= 11 is 1.52. The van der Waals surface area contributed by atoms with Crippen molar-refractivity contribution in [2.45, 2.75) is 37.6 Å². The van der Waals surface area contributed by atoms with Crippen molar-refractivity contribution < 1.29 is 19.1 Å². The lowest BCUT2D eigenvalue weighted by molar-refractivity contribution is -0.143. The van der Waals surface area contributed by atoms with Gasteiger partial charge in [-0.05, 0) is 35.8 Å². The molecule has 0 radical (unpaired) electrons. The monoisotopic (exact) mass is 440 g/mol. The van der Waals surface area contributed by atoms with Gasteiger partial charge in [-0.3, -0.25) is 19.3 Å². The van der Waals surface area contributed by atoms with Crippen LogP contribution in [0.4, 0.5) is 0 Å². The standard InChI is InChI=1S/C24H28N2O4S/c1-30-17-18-7-5-11-25(15-18)21(27)13-24(19-8-3-2-4-9-19)14-22(28)26(23(24)29)16-20-10-6-12-31-20/h2-4,6,8-10,12,18H,5,7,11,13-17H2,1H3/t18-,24-/m1/s1. The molecule has 2 aliphatic heterocycles. The molecule has 0 bridgehead atoms. The molecule has 2 fully saturated rings. The molecule has 2 aromatic rings. The predicted octanol–water partition coefficient (Wildman–Crippen LogP) is 3.22. The van der Waals surface area contributed by atoms with Gasteiger partial charge in [-0.15, -0.1) is 11.3 Å². The number of hydrogen-bond acceptors (Lipinski definition) is 5. The van der Waals surface area contributed by atoms with Crippen LogP contribution in [0.5, 0.6) is 0 Å². The van der Waals surface area contributed by atoms with Gasteiger partial charge in [-0.2, -0.15) is 0 Å². The molecule has 2 atom stereocenters. The average molecular weight is 441 g/mol. The van der Waals surface area contributed by atoms with Crippen LogP contribution in [0, 0.1) is 5.92 Å². The van der Waals surface area contributed by atoms with E-state index in [1.165, 1.54) is 16.2 Å². The highest BCUT2D eigenvalue weighted by Crippen LogP contribution is 2.41. The Morgan fingerprint density at radius 1 is 1.19 bits per heavy atom. The Kier molecular flexibility index (Phi) is 6.53. The second kappa shape index (κ2) is 9.32. The number of likely N-dealkylation sites (tertiary alicyclic amines) is 2. The number of thiophene rings is 1. The fourth-order valence-electron chi connectivity index (χ4n) is 4.78. The molecule has 0 N–H and O–H groups in total. The minimum Gasteiger partial charge on any atom is -0.384 e. The summed E-state index contributed by atoms with van der Waals surface area (Å²) in [6.07, 6.45) is 2.01. The van der Waals surface area contributed by atoms with Gasteiger partial charge in [0.05, 0.1) is 18.6 Å². The summed E-state index contributed by atoms with van der Waals surface area (Å²) in [5, 5.41) is 1.93. The van der Waals surface area contributed by atoms with Crippen molar-refractivity contribution in [3.8, 4) is 0 Å². The van der Waals surface area contributed by atoms with Crippen LogP contribution in [0.15, 0.2) is 47.8 Å². The van der Waals surface area contributed by atoms with Crippen LogP contribution in [0.25, 0.3) is 0 Å². The second-order valence-corrected chi connectivity index (χ2v) is 9.50. The first-order chi connectivity index (χ1) is 15.0. The third kappa shape index (κ3) is 4.43. The molecule has 1 aromatic heterocycles. The molecule has 2 aliphatic rings. The van der Waals surface area contributed by atoms with Gasteiger partial charge in [0.2, 0.25) is 17.7 Å². The molecule has 1 aromatic carbocycles. The lowest BCUT2D eigenvalue weighted by atomic mass is 9.75. The van der Waals surface area contributed by atoms with E-state index in [1.807, 2.05) is 52.7 Å². The van der Waals surface area contributed by atoms with E-state index in [1.54, 1.807) is 7.11 Å². The Morgan fingerprint density at radius 2 is 2.00 bits per heavy atom. The van der Waals surface area contributed by atoms with Gasteiger partial charge in [0, 0.05) is 37.9 Å². The summed E-state index contributed by atoms with van der Waals surface area (Å²) in [4.78, 5) is 44.1. The van der Waals surface area contributed by atoms with Gasteiger partial charge in [-0.1, -0.05) is 36.4 Å². The molecule has 3 amide bonds. The number of carbonyl (C=O) groups excluding carboxylic acids is 3. The zero-order chi connectivity index (χ0) is 21.8. The van der Waals surface area contributed by atoms with Gasteiger partial charge in [0.25, 0.3) is 0 Å². The Bertz CT molecular complexity index is 928. The molecule has 6 nitrogen and oxygen atoms in total. The molecule has 7 heteroatoms. The highest BCUT2D eigenvalue weighted by atomic mass is 32.1. The van der Waals surface area contributed by atoms with Crippen molar-refractivity contribution >= 4 is 29.1 Å². The number of carbonyl (C=O) groups is 3. The Morgan fingerprint density at radius 3 is 2.71 bits per heavy atom. The van der Waals surface area contributed by atoms with E-state index in [9.17, 15) is 14.4 Å². The van der Waals surface area contributed by atoms with Gasteiger partial charge in [0.15, 0.2) is 0 Å². The van der Waals surface area contributed by atoms with Crippen LogP contribution in [-0.2, 0) is 31.1 Å². The third-order valence-electron chi connectivity index (χ3n) is 6.36. The van der Waals surface area contributed by atoms with E-state index in [4.69, 9.17) is 4.74 Å². The maximum Gasteiger partial charge on any atom is 0.241 e. The SMILES string of the molecule is COC[C@@H]1CCCN(C(=O)C[C@]2(c3ccccc3)CC(=O)N(Cc3cccs3)C2=O)C1. The molecular formula is C24H28N2O4S. The Hall–Kier alpha value is -2.51. The minimum atomic E-state index is -1.14. The second-order valence-electron chi connectivity index (χ2n) is 8.47. The van der Waals surface area contributed by atoms with Crippen molar-refractivity contribution in [1.82, 2.24) is 9.80 Å². The number of methoxy groups -OCH3 is 1. The van der Waals surface area contributed by atoms with E-state index in [-0.39, 0.29) is 37.1 Å². The molecule has 2 saturated heterocycles. The van der Waals surface area contributed by atoms with E-state index in [2.05, 4.69) is 0 Å². The van der Waals surface area contributed by atoms with E-state index in [0.717, 1.165) is 23.3 Å². The van der Waals surface area contributed by atoms with E-state index >= 15 is 0 Å². The number of imide groups is 1. The van der Waals surface area contributed by atoms with Gasteiger partial charge >= 0.3 is 0 Å². The summed E-state index contributed by atoms with van der Waals surface area (Å²) in [6.45, 7) is 2.21. The van der Waals surface area contributed by atoms with Crippen molar-refractivity contribution in [2.75, 3.05) is 26.8 Å².